The number of aromatic nitrogens is 2. The van der Waals surface area contributed by atoms with Crippen molar-refractivity contribution in [3.63, 3.8) is 0 Å². The van der Waals surface area contributed by atoms with E-state index in [9.17, 15) is 4.79 Å². The van der Waals surface area contributed by atoms with Gasteiger partial charge >= 0.3 is 5.97 Å². The zero-order chi connectivity index (χ0) is 16.6. The first kappa shape index (κ1) is 15.7. The predicted molar refractivity (Wildman–Crippen MR) is 89.6 cm³/mol. The average Bonchev–Trinajstić information content (AvgIpc) is 3.39. The van der Waals surface area contributed by atoms with Crippen LogP contribution in [0.15, 0.2) is 24.3 Å². The van der Waals surface area contributed by atoms with Crippen LogP contribution in [0.4, 0.5) is 11.5 Å². The second-order valence-electron chi connectivity index (χ2n) is 5.68. The Labute approximate surface area is 140 Å². The highest BCUT2D eigenvalue weighted by Gasteiger charge is 2.31. The number of hydrogen-bond donors (Lipinski definition) is 0. The molecule has 0 radical (unpaired) electrons. The van der Waals surface area contributed by atoms with E-state index in [-0.39, 0.29) is 10.7 Å². The minimum atomic E-state index is -0.543. The molecule has 120 valence electrons. The molecule has 6 heteroatoms. The van der Waals surface area contributed by atoms with E-state index in [0.29, 0.717) is 17.6 Å². The number of methoxy groups -OCH3 is 1. The van der Waals surface area contributed by atoms with Gasteiger partial charge in [0.05, 0.1) is 7.11 Å². The molecule has 0 saturated heterocycles. The van der Waals surface area contributed by atoms with Crippen molar-refractivity contribution < 1.29 is 9.53 Å². The summed E-state index contributed by atoms with van der Waals surface area (Å²) in [7, 11) is 3.20. The molecule has 0 unspecified atom stereocenters. The minimum Gasteiger partial charge on any atom is -0.464 e. The van der Waals surface area contributed by atoms with Crippen LogP contribution in [0.25, 0.3) is 0 Å². The third-order valence-corrected chi connectivity index (χ3v) is 4.31. The van der Waals surface area contributed by atoms with Gasteiger partial charge in [-0.1, -0.05) is 29.8 Å². The summed E-state index contributed by atoms with van der Waals surface area (Å²) in [5.74, 6) is 0.946. The maximum absolute atomic E-state index is 12.0. The van der Waals surface area contributed by atoms with Crippen LogP contribution in [0.5, 0.6) is 0 Å². The largest absolute Gasteiger partial charge is 0.464 e. The fraction of sp³-hybridized carbons (Fsp3) is 0.353. The summed E-state index contributed by atoms with van der Waals surface area (Å²) in [4.78, 5) is 22.8. The quantitative estimate of drug-likeness (QED) is 0.796. The van der Waals surface area contributed by atoms with Crippen LogP contribution in [-0.4, -0.2) is 30.1 Å². The van der Waals surface area contributed by atoms with E-state index < -0.39 is 5.97 Å². The van der Waals surface area contributed by atoms with Crippen molar-refractivity contribution in [1.82, 2.24) is 9.97 Å². The third-order valence-electron chi connectivity index (χ3n) is 3.97. The van der Waals surface area contributed by atoms with Crippen molar-refractivity contribution in [3.8, 4) is 0 Å². The van der Waals surface area contributed by atoms with Crippen LogP contribution in [0.2, 0.25) is 5.02 Å². The van der Waals surface area contributed by atoms with Gasteiger partial charge < -0.3 is 9.64 Å². The molecule has 0 bridgehead atoms. The summed E-state index contributed by atoms with van der Waals surface area (Å²) in [5, 5.41) is 0.215. The molecule has 0 aliphatic heterocycles. The van der Waals surface area contributed by atoms with Crippen molar-refractivity contribution in [2.75, 3.05) is 19.1 Å². The van der Waals surface area contributed by atoms with E-state index in [1.165, 1.54) is 7.11 Å². The highest BCUT2D eigenvalue weighted by molar-refractivity contribution is 6.35. The van der Waals surface area contributed by atoms with Gasteiger partial charge in [0.2, 0.25) is 0 Å². The number of ether oxygens (including phenoxy) is 1. The van der Waals surface area contributed by atoms with Gasteiger partial charge in [-0.25, -0.2) is 14.8 Å². The molecule has 0 spiro atoms. The first-order valence-corrected chi connectivity index (χ1v) is 7.85. The van der Waals surface area contributed by atoms with Gasteiger partial charge in [-0.05, 0) is 31.4 Å². The van der Waals surface area contributed by atoms with Gasteiger partial charge in [0.15, 0.2) is 11.5 Å². The molecule has 23 heavy (non-hydrogen) atoms. The summed E-state index contributed by atoms with van der Waals surface area (Å²) in [6, 6.07) is 7.94. The van der Waals surface area contributed by atoms with E-state index in [1.807, 2.05) is 43.1 Å². The summed E-state index contributed by atoms with van der Waals surface area (Å²) < 4.78 is 4.80. The molecule has 2 aromatic rings. The third kappa shape index (κ3) is 3.01. The maximum atomic E-state index is 12.0. The Morgan fingerprint density at radius 1 is 1.30 bits per heavy atom. The maximum Gasteiger partial charge on any atom is 0.358 e. The average molecular weight is 332 g/mol. The monoisotopic (exact) mass is 331 g/mol. The second-order valence-corrected chi connectivity index (χ2v) is 6.06. The van der Waals surface area contributed by atoms with Crippen molar-refractivity contribution in [1.29, 1.82) is 0 Å². The topological polar surface area (TPSA) is 55.3 Å². The number of hydrogen-bond acceptors (Lipinski definition) is 5. The van der Waals surface area contributed by atoms with Crippen LogP contribution in [0.3, 0.4) is 0 Å². The lowest BCUT2D eigenvalue weighted by atomic mass is 10.2. The van der Waals surface area contributed by atoms with Crippen molar-refractivity contribution in [2.45, 2.75) is 25.7 Å². The van der Waals surface area contributed by atoms with Gasteiger partial charge in [0.1, 0.15) is 10.8 Å². The fourth-order valence-electron chi connectivity index (χ4n) is 2.48. The summed E-state index contributed by atoms with van der Waals surface area (Å²) >= 11 is 6.41. The molecule has 1 aromatic carbocycles. The molecule has 1 fully saturated rings. The highest BCUT2D eigenvalue weighted by Crippen LogP contribution is 2.41. The highest BCUT2D eigenvalue weighted by atomic mass is 35.5. The number of halogens is 1. The molecule has 5 nitrogen and oxygen atoms in total. The van der Waals surface area contributed by atoms with Crippen molar-refractivity contribution in [3.05, 3.63) is 46.4 Å². The second kappa shape index (κ2) is 6.16. The van der Waals surface area contributed by atoms with E-state index >= 15 is 0 Å². The normalized spacial score (nSPS) is 13.7. The number of aryl methyl sites for hydroxylation is 1. The standard InChI is InChI=1S/C17H18ClN3O2/c1-10-6-4-5-7-12(10)21(2)16-13(18)14(17(22)23-3)19-15(20-16)11-8-9-11/h4-7,11H,8-9H2,1-3H3. The summed E-state index contributed by atoms with van der Waals surface area (Å²) in [6.07, 6.45) is 2.07. The molecule has 1 saturated carbocycles. The Hall–Kier alpha value is -2.14. The zero-order valence-electron chi connectivity index (χ0n) is 13.3. The number of para-hydroxylation sites is 1. The van der Waals surface area contributed by atoms with Crippen LogP contribution in [0, 0.1) is 6.92 Å². The first-order valence-electron chi connectivity index (χ1n) is 7.48. The van der Waals surface area contributed by atoms with Gasteiger partial charge in [0.25, 0.3) is 0 Å². The SMILES string of the molecule is COC(=O)c1nc(C2CC2)nc(N(C)c2ccccc2C)c1Cl. The van der Waals surface area contributed by atoms with Crippen molar-refractivity contribution in [2.24, 2.45) is 0 Å². The number of nitrogens with zero attached hydrogens (tertiary/aromatic N) is 3. The predicted octanol–water partition coefficient (Wildman–Crippen LogP) is 3.87. The Morgan fingerprint density at radius 3 is 2.61 bits per heavy atom. The Balaban J connectivity index is 2.12. The van der Waals surface area contributed by atoms with E-state index in [4.69, 9.17) is 16.3 Å². The number of benzene rings is 1. The van der Waals surface area contributed by atoms with Crippen LogP contribution < -0.4 is 4.90 Å². The smallest absolute Gasteiger partial charge is 0.358 e. The molecule has 0 atom stereocenters. The minimum absolute atomic E-state index is 0.126. The molecule has 1 aromatic heterocycles. The lowest BCUT2D eigenvalue weighted by Crippen LogP contribution is -2.18. The number of carbonyl (C=O) groups is 1. The Bertz CT molecular complexity index is 759. The molecule has 1 aliphatic carbocycles. The van der Waals surface area contributed by atoms with Crippen LogP contribution >= 0.6 is 11.6 Å². The first-order chi connectivity index (χ1) is 11.0. The number of esters is 1. The summed E-state index contributed by atoms with van der Waals surface area (Å²) in [5.41, 5.74) is 2.20. The van der Waals surface area contributed by atoms with E-state index in [2.05, 4.69) is 9.97 Å². The number of anilines is 2. The Kier molecular flexibility index (Phi) is 4.22. The number of rotatable bonds is 4. The lowest BCUT2D eigenvalue weighted by Gasteiger charge is -2.22. The molecule has 0 amide bonds. The fourth-order valence-corrected chi connectivity index (χ4v) is 2.77. The molecular formula is C17H18ClN3O2. The molecule has 0 N–H and O–H groups in total. The molecule has 1 aliphatic rings. The van der Waals surface area contributed by atoms with Crippen molar-refractivity contribution >= 4 is 29.1 Å². The lowest BCUT2D eigenvalue weighted by molar-refractivity contribution is 0.0593. The molecule has 1 heterocycles. The molecular weight excluding hydrogens is 314 g/mol. The van der Waals surface area contributed by atoms with Crippen LogP contribution in [-0.2, 0) is 4.74 Å². The van der Waals surface area contributed by atoms with Gasteiger partial charge in [0, 0.05) is 18.7 Å². The summed E-state index contributed by atoms with van der Waals surface area (Å²) in [6.45, 7) is 2.02. The van der Waals surface area contributed by atoms with Crippen LogP contribution in [0.1, 0.15) is 40.6 Å². The van der Waals surface area contributed by atoms with E-state index in [0.717, 1.165) is 24.1 Å². The zero-order valence-corrected chi connectivity index (χ0v) is 14.1. The van der Waals surface area contributed by atoms with Gasteiger partial charge in [-0.15, -0.1) is 0 Å². The van der Waals surface area contributed by atoms with E-state index in [1.54, 1.807) is 0 Å². The molecule has 3 rings (SSSR count). The van der Waals surface area contributed by atoms with Gasteiger partial charge in [-0.2, -0.15) is 0 Å². The number of carbonyl (C=O) groups excluding carboxylic acids is 1. The van der Waals surface area contributed by atoms with Gasteiger partial charge in [-0.3, -0.25) is 0 Å². The Morgan fingerprint density at radius 2 is 2.00 bits per heavy atom.